The molecule has 108 valence electrons. The summed E-state index contributed by atoms with van der Waals surface area (Å²) >= 11 is 0. The lowest BCUT2D eigenvalue weighted by molar-refractivity contribution is 0.0692. The molecule has 0 amide bonds. The van der Waals surface area contributed by atoms with Crippen LogP contribution in [0.5, 0.6) is 0 Å². The van der Waals surface area contributed by atoms with Crippen molar-refractivity contribution >= 4 is 21.7 Å². The fraction of sp³-hybridized carbons (Fsp3) is 0.308. The Kier molecular flexibility index (Phi) is 5.13. The van der Waals surface area contributed by atoms with Crippen molar-refractivity contribution < 1.29 is 18.3 Å². The van der Waals surface area contributed by atoms with E-state index in [2.05, 4.69) is 10.6 Å². The van der Waals surface area contributed by atoms with Gasteiger partial charge in [-0.3, -0.25) is 0 Å². The number of terminal acetylenes is 1. The van der Waals surface area contributed by atoms with E-state index in [9.17, 15) is 13.2 Å². The first-order valence-electron chi connectivity index (χ1n) is 5.93. The van der Waals surface area contributed by atoms with Crippen molar-refractivity contribution in [2.45, 2.75) is 30.7 Å². The van der Waals surface area contributed by atoms with Crippen molar-refractivity contribution in [3.63, 3.8) is 0 Å². The van der Waals surface area contributed by atoms with Gasteiger partial charge in [-0.1, -0.05) is 19.3 Å². The van der Waals surface area contributed by atoms with Crippen LogP contribution in [0.4, 0.5) is 5.69 Å². The molecule has 0 aliphatic heterocycles. The molecule has 20 heavy (non-hydrogen) atoms. The van der Waals surface area contributed by atoms with Crippen molar-refractivity contribution in [3.05, 3.63) is 23.8 Å². The molecule has 6 nitrogen and oxygen atoms in total. The molecule has 7 heteroatoms. The van der Waals surface area contributed by atoms with Crippen LogP contribution in [-0.2, 0) is 10.0 Å². The van der Waals surface area contributed by atoms with Crippen LogP contribution >= 0.6 is 0 Å². The van der Waals surface area contributed by atoms with Crippen LogP contribution in [0.1, 0.15) is 30.1 Å². The largest absolute Gasteiger partial charge is 0.478 e. The second kappa shape index (κ2) is 6.41. The van der Waals surface area contributed by atoms with Crippen LogP contribution in [0.25, 0.3) is 0 Å². The molecule has 0 aliphatic carbocycles. The summed E-state index contributed by atoms with van der Waals surface area (Å²) in [5.74, 6) is 0.974. The van der Waals surface area contributed by atoms with Gasteiger partial charge < -0.3 is 10.8 Å². The van der Waals surface area contributed by atoms with Crippen molar-refractivity contribution in [1.82, 2.24) is 4.72 Å². The van der Waals surface area contributed by atoms with Crippen LogP contribution < -0.4 is 10.5 Å². The van der Waals surface area contributed by atoms with E-state index in [1.165, 1.54) is 6.07 Å². The minimum atomic E-state index is -4.05. The summed E-state index contributed by atoms with van der Waals surface area (Å²) in [4.78, 5) is 10.7. The number of carboxylic acids is 1. The van der Waals surface area contributed by atoms with E-state index in [1.807, 2.05) is 6.92 Å². The number of rotatable bonds is 6. The summed E-state index contributed by atoms with van der Waals surface area (Å²) in [6.07, 6.45) is 6.41. The maximum atomic E-state index is 12.2. The molecule has 1 aromatic rings. The first-order chi connectivity index (χ1) is 9.31. The van der Waals surface area contributed by atoms with E-state index in [-0.39, 0.29) is 16.1 Å². The van der Waals surface area contributed by atoms with Crippen LogP contribution in [-0.4, -0.2) is 25.5 Å². The predicted octanol–water partition coefficient (Wildman–Crippen LogP) is 1.05. The molecule has 1 unspecified atom stereocenters. The average Bonchev–Trinajstić information content (AvgIpc) is 2.37. The van der Waals surface area contributed by atoms with Gasteiger partial charge in [0.15, 0.2) is 0 Å². The van der Waals surface area contributed by atoms with Gasteiger partial charge in [-0.25, -0.2) is 13.2 Å². The number of aromatic carboxylic acids is 1. The van der Waals surface area contributed by atoms with E-state index in [4.69, 9.17) is 17.3 Å². The van der Waals surface area contributed by atoms with Gasteiger partial charge in [0.1, 0.15) is 0 Å². The van der Waals surface area contributed by atoms with Gasteiger partial charge >= 0.3 is 5.97 Å². The predicted molar refractivity (Wildman–Crippen MR) is 75.7 cm³/mol. The van der Waals surface area contributed by atoms with Crippen LogP contribution in [0, 0.1) is 12.3 Å². The fourth-order valence-corrected chi connectivity index (χ4v) is 3.08. The zero-order valence-electron chi connectivity index (χ0n) is 11.0. The monoisotopic (exact) mass is 296 g/mol. The third-order valence-electron chi connectivity index (χ3n) is 2.60. The number of carboxylic acid groups (broad SMARTS) is 1. The van der Waals surface area contributed by atoms with E-state index in [1.54, 1.807) is 0 Å². The topological polar surface area (TPSA) is 109 Å². The average molecular weight is 296 g/mol. The summed E-state index contributed by atoms with van der Waals surface area (Å²) < 4.78 is 26.8. The lowest BCUT2D eigenvalue weighted by Gasteiger charge is -2.14. The Balaban J connectivity index is 3.25. The molecule has 0 spiro atoms. The summed E-state index contributed by atoms with van der Waals surface area (Å²) in [6.45, 7) is 1.86. The molecule has 1 rings (SSSR count). The molecular formula is C13H16N2O4S. The smallest absolute Gasteiger partial charge is 0.337 e. The number of nitrogen functional groups attached to an aromatic ring is 1. The van der Waals surface area contributed by atoms with Crippen molar-refractivity contribution in [2.75, 3.05) is 5.73 Å². The third kappa shape index (κ3) is 3.73. The first-order valence-corrected chi connectivity index (χ1v) is 7.41. The Labute approximate surface area is 118 Å². The zero-order valence-corrected chi connectivity index (χ0v) is 11.8. The number of sulfonamides is 1. The third-order valence-corrected chi connectivity index (χ3v) is 4.11. The molecule has 1 atom stereocenters. The lowest BCUT2D eigenvalue weighted by Crippen LogP contribution is -2.34. The molecule has 4 N–H and O–H groups in total. The van der Waals surface area contributed by atoms with E-state index < -0.39 is 22.0 Å². The Morgan fingerprint density at radius 2 is 2.20 bits per heavy atom. The highest BCUT2D eigenvalue weighted by Crippen LogP contribution is 2.20. The molecule has 0 bridgehead atoms. The van der Waals surface area contributed by atoms with Crippen molar-refractivity contribution in [1.29, 1.82) is 0 Å². The minimum Gasteiger partial charge on any atom is -0.478 e. The number of nitrogens with two attached hydrogens (primary N) is 1. The maximum Gasteiger partial charge on any atom is 0.337 e. The Morgan fingerprint density at radius 3 is 2.70 bits per heavy atom. The maximum absolute atomic E-state index is 12.2. The molecule has 0 aliphatic rings. The quantitative estimate of drug-likeness (QED) is 0.537. The molecule has 0 saturated heterocycles. The number of benzene rings is 1. The van der Waals surface area contributed by atoms with Gasteiger partial charge in [-0.15, -0.1) is 6.42 Å². The first kappa shape index (κ1) is 16.0. The number of hydrogen-bond donors (Lipinski definition) is 3. The second-order valence-electron chi connectivity index (χ2n) is 4.19. The highest BCUT2D eigenvalue weighted by Gasteiger charge is 2.24. The standard InChI is InChI=1S/C13H16N2O4S/c1-3-5-10(4-2)15-20(18,19)12-8-9(14)6-7-11(12)13(16)17/h2,6-8,10,15H,3,5,14H2,1H3,(H,16,17). The SMILES string of the molecule is C#CC(CCC)NS(=O)(=O)c1cc(N)ccc1C(=O)O. The normalized spacial score (nSPS) is 12.6. The number of hydrogen-bond acceptors (Lipinski definition) is 4. The van der Waals surface area contributed by atoms with Gasteiger partial charge in [0.05, 0.1) is 16.5 Å². The van der Waals surface area contributed by atoms with Crippen LogP contribution in [0.3, 0.4) is 0 Å². The van der Waals surface area contributed by atoms with Gasteiger partial charge in [-0.05, 0) is 24.6 Å². The van der Waals surface area contributed by atoms with Crippen molar-refractivity contribution in [3.8, 4) is 12.3 Å². The summed E-state index contributed by atoms with van der Waals surface area (Å²) in [7, 11) is -4.05. The molecular weight excluding hydrogens is 280 g/mol. The molecule has 1 aromatic carbocycles. The Bertz CT molecular complexity index is 647. The Hall–Kier alpha value is -2.04. The molecule has 0 saturated carbocycles. The van der Waals surface area contributed by atoms with Gasteiger partial charge in [0, 0.05) is 5.69 Å². The molecule has 0 radical (unpaired) electrons. The summed E-state index contributed by atoms with van der Waals surface area (Å²) in [6, 6.07) is 2.89. The van der Waals surface area contributed by atoms with E-state index in [0.717, 1.165) is 12.1 Å². The molecule has 0 fully saturated rings. The number of anilines is 1. The van der Waals surface area contributed by atoms with Gasteiger partial charge in [0.2, 0.25) is 10.0 Å². The highest BCUT2D eigenvalue weighted by atomic mass is 32.2. The summed E-state index contributed by atoms with van der Waals surface area (Å²) in [5.41, 5.74) is 5.33. The van der Waals surface area contributed by atoms with Crippen molar-refractivity contribution in [2.24, 2.45) is 0 Å². The molecule has 0 aromatic heterocycles. The number of nitrogens with one attached hydrogen (secondary N) is 1. The van der Waals surface area contributed by atoms with Gasteiger partial charge in [-0.2, -0.15) is 4.72 Å². The van der Waals surface area contributed by atoms with E-state index in [0.29, 0.717) is 12.8 Å². The zero-order chi connectivity index (χ0) is 15.3. The second-order valence-corrected chi connectivity index (χ2v) is 5.87. The lowest BCUT2D eigenvalue weighted by atomic mass is 10.2. The molecule has 0 heterocycles. The fourth-order valence-electron chi connectivity index (χ4n) is 1.65. The highest BCUT2D eigenvalue weighted by molar-refractivity contribution is 7.89. The number of carbonyl (C=O) groups is 1. The van der Waals surface area contributed by atoms with Gasteiger partial charge in [0.25, 0.3) is 0 Å². The van der Waals surface area contributed by atoms with E-state index >= 15 is 0 Å². The Morgan fingerprint density at radius 1 is 1.55 bits per heavy atom. The van der Waals surface area contributed by atoms with Crippen LogP contribution in [0.2, 0.25) is 0 Å². The summed E-state index contributed by atoms with van der Waals surface area (Å²) in [5, 5.41) is 9.04. The minimum absolute atomic E-state index is 0.156. The van der Waals surface area contributed by atoms with Crippen LogP contribution in [0.15, 0.2) is 23.1 Å².